The second kappa shape index (κ2) is 13.4. The van der Waals surface area contributed by atoms with Crippen LogP contribution in [0.2, 0.25) is 0 Å². The van der Waals surface area contributed by atoms with Crippen LogP contribution < -0.4 is 14.2 Å². The van der Waals surface area contributed by atoms with Crippen molar-refractivity contribution in [3.63, 3.8) is 0 Å². The van der Waals surface area contributed by atoms with Gasteiger partial charge >= 0.3 is 11.7 Å². The molecule has 9 nitrogen and oxygen atoms in total. The molecule has 5 aromatic rings. The van der Waals surface area contributed by atoms with Gasteiger partial charge in [0.2, 0.25) is 23.1 Å². The van der Waals surface area contributed by atoms with E-state index in [1.807, 2.05) is 18.2 Å². The zero-order valence-electron chi connectivity index (χ0n) is 22.6. The minimum atomic E-state index is -1.75. The first-order valence-electron chi connectivity index (χ1n) is 12.9. The summed E-state index contributed by atoms with van der Waals surface area (Å²) < 4.78 is 65.7. The van der Waals surface area contributed by atoms with E-state index in [0.717, 1.165) is 23.8 Å². The van der Waals surface area contributed by atoms with Crippen molar-refractivity contribution >= 4 is 11.7 Å². The first-order chi connectivity index (χ1) is 21.3. The van der Waals surface area contributed by atoms with Gasteiger partial charge in [0.25, 0.3) is 11.8 Å². The van der Waals surface area contributed by atoms with Crippen molar-refractivity contribution in [1.29, 1.82) is 0 Å². The highest BCUT2D eigenvalue weighted by molar-refractivity contribution is 5.89. The molecule has 0 saturated carbocycles. The minimum absolute atomic E-state index is 0.0424. The number of nitro groups is 1. The number of pyridine rings is 1. The van der Waals surface area contributed by atoms with Crippen LogP contribution in [0.4, 0.5) is 18.9 Å². The molecule has 0 aliphatic rings. The predicted molar refractivity (Wildman–Crippen MR) is 150 cm³/mol. The number of hydrogen-bond acceptors (Lipinski definition) is 8. The Kier molecular flexibility index (Phi) is 8.99. The third-order valence-electron chi connectivity index (χ3n) is 6.07. The van der Waals surface area contributed by atoms with Gasteiger partial charge in [-0.25, -0.2) is 4.79 Å². The zero-order valence-corrected chi connectivity index (χ0v) is 22.6. The number of carbonyl (C=O) groups is 1. The van der Waals surface area contributed by atoms with E-state index in [1.165, 1.54) is 24.3 Å². The summed E-state index contributed by atoms with van der Waals surface area (Å²) in [6, 6.07) is 26.2. The summed E-state index contributed by atoms with van der Waals surface area (Å²) in [5.41, 5.74) is 1.25. The molecule has 1 aromatic heterocycles. The van der Waals surface area contributed by atoms with E-state index in [4.69, 9.17) is 18.9 Å². The molecule has 4 aromatic carbocycles. The van der Waals surface area contributed by atoms with Crippen molar-refractivity contribution in [2.24, 2.45) is 0 Å². The maximum absolute atomic E-state index is 15.3. The van der Waals surface area contributed by atoms with Crippen LogP contribution in [0.5, 0.6) is 28.9 Å². The topological polar surface area (TPSA) is 110 Å². The van der Waals surface area contributed by atoms with Gasteiger partial charge in [-0.3, -0.25) is 10.1 Å². The van der Waals surface area contributed by atoms with Crippen LogP contribution in [-0.4, -0.2) is 15.9 Å². The summed E-state index contributed by atoms with van der Waals surface area (Å²) in [6.07, 6.45) is 0. The average molecular weight is 603 g/mol. The Hall–Kier alpha value is -5.91. The molecule has 0 aliphatic heterocycles. The van der Waals surface area contributed by atoms with Crippen LogP contribution in [-0.2, 0) is 18.0 Å². The maximum Gasteiger partial charge on any atom is 0.338 e. The van der Waals surface area contributed by atoms with E-state index in [0.29, 0.717) is 5.56 Å². The van der Waals surface area contributed by atoms with Gasteiger partial charge in [-0.2, -0.15) is 18.2 Å². The molecule has 0 radical (unpaired) electrons. The lowest BCUT2D eigenvalue weighted by molar-refractivity contribution is -0.386. The number of benzene rings is 4. The molecule has 0 atom stereocenters. The van der Waals surface area contributed by atoms with Gasteiger partial charge in [0.1, 0.15) is 24.7 Å². The van der Waals surface area contributed by atoms with Crippen LogP contribution in [0, 0.1) is 27.7 Å². The van der Waals surface area contributed by atoms with E-state index in [-0.39, 0.29) is 36.0 Å². The van der Waals surface area contributed by atoms with E-state index < -0.39 is 45.8 Å². The molecular weight excluding hydrogens is 581 g/mol. The lowest BCUT2D eigenvalue weighted by Gasteiger charge is -2.13. The fraction of sp³-hybridized carbons (Fsp3) is 0.0625. The van der Waals surface area contributed by atoms with E-state index in [2.05, 4.69) is 4.98 Å². The van der Waals surface area contributed by atoms with Crippen molar-refractivity contribution in [2.45, 2.75) is 13.2 Å². The number of nitro benzene ring substituents is 1. The zero-order chi connectivity index (χ0) is 31.1. The summed E-state index contributed by atoms with van der Waals surface area (Å²) in [5.74, 6) is -8.32. The van der Waals surface area contributed by atoms with Crippen molar-refractivity contribution in [1.82, 2.24) is 4.98 Å². The molecule has 0 N–H and O–H groups in total. The van der Waals surface area contributed by atoms with Crippen molar-refractivity contribution < 1.29 is 41.8 Å². The molecule has 222 valence electrons. The van der Waals surface area contributed by atoms with E-state index >= 15 is 4.39 Å². The smallest absolute Gasteiger partial charge is 0.338 e. The second-order valence-electron chi connectivity index (χ2n) is 9.12. The van der Waals surface area contributed by atoms with E-state index in [9.17, 15) is 23.7 Å². The molecule has 44 heavy (non-hydrogen) atoms. The predicted octanol–water partition coefficient (Wildman–Crippen LogP) is 7.93. The summed E-state index contributed by atoms with van der Waals surface area (Å²) in [4.78, 5) is 26.3. The van der Waals surface area contributed by atoms with Crippen LogP contribution in [0.15, 0.2) is 103 Å². The molecule has 0 spiro atoms. The first kappa shape index (κ1) is 29.6. The molecule has 5 rings (SSSR count). The van der Waals surface area contributed by atoms with E-state index in [1.54, 1.807) is 42.5 Å². The Morgan fingerprint density at radius 1 is 0.750 bits per heavy atom. The second-order valence-corrected chi connectivity index (χ2v) is 9.12. The van der Waals surface area contributed by atoms with Gasteiger partial charge in [-0.1, -0.05) is 60.7 Å². The molecule has 0 bridgehead atoms. The fourth-order valence-electron chi connectivity index (χ4n) is 3.89. The molecule has 0 fully saturated rings. The monoisotopic (exact) mass is 602 g/mol. The number of rotatable bonds is 11. The first-order valence-corrected chi connectivity index (χ1v) is 12.9. The summed E-state index contributed by atoms with van der Waals surface area (Å²) >= 11 is 0. The highest BCUT2D eigenvalue weighted by atomic mass is 19.2. The van der Waals surface area contributed by atoms with Gasteiger partial charge in [-0.05, 0) is 41.5 Å². The van der Waals surface area contributed by atoms with Crippen molar-refractivity contribution in [3.8, 4) is 28.9 Å². The normalized spacial score (nSPS) is 10.6. The van der Waals surface area contributed by atoms with Gasteiger partial charge in [0.05, 0.1) is 10.5 Å². The van der Waals surface area contributed by atoms with Crippen LogP contribution in [0.1, 0.15) is 21.5 Å². The number of aromatic nitrogens is 1. The lowest BCUT2D eigenvalue weighted by Crippen LogP contribution is -2.05. The Balaban J connectivity index is 1.32. The van der Waals surface area contributed by atoms with Gasteiger partial charge < -0.3 is 18.9 Å². The fourth-order valence-corrected chi connectivity index (χ4v) is 3.89. The Labute approximate surface area is 248 Å². The molecule has 1 heterocycles. The summed E-state index contributed by atoms with van der Waals surface area (Å²) in [6.45, 7) is 0.0133. The van der Waals surface area contributed by atoms with Gasteiger partial charge in [0.15, 0.2) is 0 Å². The van der Waals surface area contributed by atoms with Gasteiger partial charge in [-0.15, -0.1) is 0 Å². The number of esters is 1. The van der Waals surface area contributed by atoms with Crippen molar-refractivity contribution in [3.05, 3.63) is 148 Å². The number of carbonyl (C=O) groups excluding carboxylic acids is 1. The standard InChI is InChI=1S/C32H21F3N2O7/c33-27-29(43-24-15-16-25(37(39)40)26(17-24)41-18-20-7-3-1-4-8-20)28(34)31(36-30(27)35)44-23-13-11-22(12-14-23)32(38)42-19-21-9-5-2-6-10-21/h1-17H,18-19H2. The minimum Gasteiger partial charge on any atom is -0.482 e. The quantitative estimate of drug-likeness (QED) is 0.0649. The number of nitrogens with zero attached hydrogens (tertiary/aromatic N) is 2. The molecular formula is C32H21F3N2O7. The highest BCUT2D eigenvalue weighted by Crippen LogP contribution is 2.38. The van der Waals surface area contributed by atoms with Crippen LogP contribution in [0.3, 0.4) is 0 Å². The Morgan fingerprint density at radius 2 is 1.36 bits per heavy atom. The maximum atomic E-state index is 15.3. The average Bonchev–Trinajstić information content (AvgIpc) is 3.04. The summed E-state index contributed by atoms with van der Waals surface area (Å²) in [7, 11) is 0. The van der Waals surface area contributed by atoms with Gasteiger partial charge in [0, 0.05) is 12.1 Å². The van der Waals surface area contributed by atoms with Crippen LogP contribution >= 0.6 is 0 Å². The van der Waals surface area contributed by atoms with Crippen LogP contribution in [0.25, 0.3) is 0 Å². The van der Waals surface area contributed by atoms with Crippen molar-refractivity contribution in [2.75, 3.05) is 0 Å². The highest BCUT2D eigenvalue weighted by Gasteiger charge is 2.26. The summed E-state index contributed by atoms with van der Waals surface area (Å²) in [5, 5.41) is 11.5. The molecule has 0 unspecified atom stereocenters. The molecule has 0 amide bonds. The number of hydrogen-bond donors (Lipinski definition) is 0. The Bertz CT molecular complexity index is 1790. The third kappa shape index (κ3) is 7.10. The molecule has 0 aliphatic carbocycles. The number of halogens is 3. The SMILES string of the molecule is O=C(OCc1ccccc1)c1ccc(Oc2nc(F)c(F)c(Oc3ccc([N+](=O)[O-])c(OCc4ccccc4)c3)c2F)cc1. The molecule has 12 heteroatoms. The lowest BCUT2D eigenvalue weighted by atomic mass is 10.2. The number of ether oxygens (including phenoxy) is 4. The Morgan fingerprint density at radius 3 is 2.00 bits per heavy atom. The largest absolute Gasteiger partial charge is 0.482 e. The molecule has 0 saturated heterocycles. The third-order valence-corrected chi connectivity index (χ3v) is 6.07.